The van der Waals surface area contributed by atoms with Crippen molar-refractivity contribution in [3.8, 4) is 5.75 Å². The highest BCUT2D eigenvalue weighted by atomic mass is 16.5. The lowest BCUT2D eigenvalue weighted by Crippen LogP contribution is -2.30. The Morgan fingerprint density at radius 1 is 1.15 bits per heavy atom. The maximum atomic E-state index is 5.94. The number of hydrogen-bond acceptors (Lipinski definition) is 2. The van der Waals surface area contributed by atoms with Crippen molar-refractivity contribution in [2.24, 2.45) is 5.92 Å². The Balaban J connectivity index is 1.74. The van der Waals surface area contributed by atoms with Crippen molar-refractivity contribution in [3.05, 3.63) is 64.3 Å². The van der Waals surface area contributed by atoms with Crippen LogP contribution in [-0.4, -0.2) is 18.1 Å². The van der Waals surface area contributed by atoms with Crippen molar-refractivity contribution in [1.29, 1.82) is 0 Å². The van der Waals surface area contributed by atoms with Crippen LogP contribution in [0.15, 0.2) is 36.4 Å². The number of nitrogens with one attached hydrogen (secondary N) is 2. The van der Waals surface area contributed by atoms with Crippen molar-refractivity contribution >= 4 is 10.9 Å². The minimum absolute atomic E-state index is 0.188. The lowest BCUT2D eigenvalue weighted by molar-refractivity contribution is 0.270. The van der Waals surface area contributed by atoms with Crippen LogP contribution < -0.4 is 10.1 Å². The second-order valence-corrected chi connectivity index (χ2v) is 7.94. The predicted molar refractivity (Wildman–Crippen MR) is 108 cm³/mol. The van der Waals surface area contributed by atoms with Gasteiger partial charge in [0.05, 0.1) is 12.6 Å². The molecule has 0 aliphatic carbocycles. The van der Waals surface area contributed by atoms with E-state index in [1.165, 1.54) is 38.9 Å². The summed E-state index contributed by atoms with van der Waals surface area (Å²) in [7, 11) is 0. The Hall–Kier alpha value is -2.26. The molecule has 1 aliphatic heterocycles. The molecule has 2 aromatic carbocycles. The van der Waals surface area contributed by atoms with Crippen LogP contribution in [0, 0.1) is 19.8 Å². The standard InChI is InChI=1S/C23H28N2O/c1-14(2)13-26-18-7-5-6-17(12-18)22-23-19(8-9-24-22)20-11-15(3)10-16(4)21(20)25-23/h5-7,10-12,14,22,24-25H,8-9,13H2,1-4H3. The molecule has 0 spiro atoms. The smallest absolute Gasteiger partial charge is 0.119 e. The summed E-state index contributed by atoms with van der Waals surface area (Å²) in [5, 5.41) is 5.08. The van der Waals surface area contributed by atoms with Crippen LogP contribution in [0.4, 0.5) is 0 Å². The van der Waals surface area contributed by atoms with Gasteiger partial charge < -0.3 is 15.0 Å². The molecular weight excluding hydrogens is 320 g/mol. The first kappa shape index (κ1) is 17.2. The summed E-state index contributed by atoms with van der Waals surface area (Å²) < 4.78 is 5.94. The summed E-state index contributed by atoms with van der Waals surface area (Å²) in [6.45, 7) is 10.5. The number of aryl methyl sites for hydroxylation is 2. The molecule has 1 aliphatic rings. The minimum Gasteiger partial charge on any atom is -0.493 e. The molecule has 1 aromatic heterocycles. The van der Waals surface area contributed by atoms with E-state index in [0.717, 1.165) is 25.3 Å². The van der Waals surface area contributed by atoms with E-state index in [4.69, 9.17) is 4.74 Å². The second-order valence-electron chi connectivity index (χ2n) is 7.94. The van der Waals surface area contributed by atoms with Crippen LogP contribution in [0.25, 0.3) is 10.9 Å². The van der Waals surface area contributed by atoms with Gasteiger partial charge in [0.2, 0.25) is 0 Å². The van der Waals surface area contributed by atoms with Gasteiger partial charge in [0, 0.05) is 23.1 Å². The van der Waals surface area contributed by atoms with Crippen molar-refractivity contribution in [2.75, 3.05) is 13.2 Å². The average Bonchev–Trinajstić information content (AvgIpc) is 2.99. The first-order chi connectivity index (χ1) is 12.5. The first-order valence-electron chi connectivity index (χ1n) is 9.60. The number of benzene rings is 2. The molecule has 2 N–H and O–H groups in total. The molecule has 26 heavy (non-hydrogen) atoms. The van der Waals surface area contributed by atoms with Gasteiger partial charge >= 0.3 is 0 Å². The quantitative estimate of drug-likeness (QED) is 0.692. The Morgan fingerprint density at radius 2 is 2.00 bits per heavy atom. The topological polar surface area (TPSA) is 37.0 Å². The SMILES string of the molecule is Cc1cc(C)c2[nH]c3c(c2c1)CCNC3c1cccc(OCC(C)C)c1. The molecule has 0 amide bonds. The van der Waals surface area contributed by atoms with E-state index in [9.17, 15) is 0 Å². The Bertz CT molecular complexity index is 939. The number of aromatic nitrogens is 1. The second kappa shape index (κ2) is 6.81. The lowest BCUT2D eigenvalue weighted by Gasteiger charge is -2.25. The van der Waals surface area contributed by atoms with Gasteiger partial charge in [-0.05, 0) is 61.1 Å². The minimum atomic E-state index is 0.188. The normalized spacial score (nSPS) is 16.9. The van der Waals surface area contributed by atoms with Crippen molar-refractivity contribution in [3.63, 3.8) is 0 Å². The van der Waals surface area contributed by atoms with E-state index < -0.39 is 0 Å². The third kappa shape index (κ3) is 3.12. The van der Waals surface area contributed by atoms with Gasteiger partial charge in [0.15, 0.2) is 0 Å². The number of H-pyrrole nitrogens is 1. The molecule has 3 aromatic rings. The Morgan fingerprint density at radius 3 is 2.81 bits per heavy atom. The highest BCUT2D eigenvalue weighted by molar-refractivity contribution is 5.88. The van der Waals surface area contributed by atoms with Crippen molar-refractivity contribution in [2.45, 2.75) is 40.2 Å². The van der Waals surface area contributed by atoms with E-state index in [2.05, 4.69) is 68.3 Å². The Labute approximate surface area is 155 Å². The van der Waals surface area contributed by atoms with E-state index in [0.29, 0.717) is 5.92 Å². The number of aromatic amines is 1. The van der Waals surface area contributed by atoms with Gasteiger partial charge in [-0.1, -0.05) is 37.6 Å². The molecule has 0 saturated carbocycles. The van der Waals surface area contributed by atoms with E-state index in [-0.39, 0.29) is 6.04 Å². The Kier molecular flexibility index (Phi) is 4.49. The van der Waals surface area contributed by atoms with Gasteiger partial charge in [-0.3, -0.25) is 0 Å². The third-order valence-electron chi connectivity index (χ3n) is 5.18. The van der Waals surface area contributed by atoms with Crippen LogP contribution in [0.5, 0.6) is 5.75 Å². The van der Waals surface area contributed by atoms with Crippen LogP contribution in [0.3, 0.4) is 0 Å². The molecule has 136 valence electrons. The molecule has 2 heterocycles. The summed E-state index contributed by atoms with van der Waals surface area (Å²) in [6.07, 6.45) is 1.07. The summed E-state index contributed by atoms with van der Waals surface area (Å²) >= 11 is 0. The largest absolute Gasteiger partial charge is 0.493 e. The van der Waals surface area contributed by atoms with Crippen LogP contribution >= 0.6 is 0 Å². The molecule has 1 atom stereocenters. The van der Waals surface area contributed by atoms with Gasteiger partial charge in [0.25, 0.3) is 0 Å². The summed E-state index contributed by atoms with van der Waals surface area (Å²) in [6, 6.07) is 13.3. The zero-order valence-electron chi connectivity index (χ0n) is 16.1. The average molecular weight is 348 g/mol. The van der Waals surface area contributed by atoms with E-state index in [1.54, 1.807) is 0 Å². The molecular formula is C23H28N2O. The van der Waals surface area contributed by atoms with Gasteiger partial charge in [0.1, 0.15) is 5.75 Å². The maximum absolute atomic E-state index is 5.94. The van der Waals surface area contributed by atoms with Crippen molar-refractivity contribution < 1.29 is 4.74 Å². The van der Waals surface area contributed by atoms with Crippen LogP contribution in [0.2, 0.25) is 0 Å². The fourth-order valence-electron chi connectivity index (χ4n) is 4.02. The molecule has 1 unspecified atom stereocenters. The summed E-state index contributed by atoms with van der Waals surface area (Å²) in [5.74, 6) is 1.48. The van der Waals surface area contributed by atoms with Crippen molar-refractivity contribution in [1.82, 2.24) is 10.3 Å². The maximum Gasteiger partial charge on any atom is 0.119 e. The molecule has 3 heteroatoms. The predicted octanol–water partition coefficient (Wildman–Crippen LogP) is 5.05. The molecule has 0 saturated heterocycles. The van der Waals surface area contributed by atoms with E-state index in [1.807, 2.05) is 6.07 Å². The summed E-state index contributed by atoms with van der Waals surface area (Å²) in [4.78, 5) is 3.73. The van der Waals surface area contributed by atoms with Crippen LogP contribution in [0.1, 0.15) is 47.8 Å². The third-order valence-corrected chi connectivity index (χ3v) is 5.18. The summed E-state index contributed by atoms with van der Waals surface area (Å²) in [5.41, 5.74) is 7.96. The number of ether oxygens (including phenoxy) is 1. The first-order valence-corrected chi connectivity index (χ1v) is 9.60. The highest BCUT2D eigenvalue weighted by Gasteiger charge is 2.26. The molecule has 3 nitrogen and oxygen atoms in total. The number of hydrogen-bond donors (Lipinski definition) is 2. The number of fused-ring (bicyclic) bond motifs is 3. The molecule has 0 radical (unpaired) electrons. The van der Waals surface area contributed by atoms with Crippen LogP contribution in [-0.2, 0) is 6.42 Å². The zero-order chi connectivity index (χ0) is 18.3. The van der Waals surface area contributed by atoms with Gasteiger partial charge in [-0.15, -0.1) is 0 Å². The fraction of sp³-hybridized carbons (Fsp3) is 0.391. The highest BCUT2D eigenvalue weighted by Crippen LogP contribution is 2.35. The van der Waals surface area contributed by atoms with Gasteiger partial charge in [-0.2, -0.15) is 0 Å². The number of rotatable bonds is 4. The zero-order valence-corrected chi connectivity index (χ0v) is 16.1. The van der Waals surface area contributed by atoms with E-state index >= 15 is 0 Å². The molecule has 0 bridgehead atoms. The fourth-order valence-corrected chi connectivity index (χ4v) is 4.02. The molecule has 4 rings (SSSR count). The van der Waals surface area contributed by atoms with Gasteiger partial charge in [-0.25, -0.2) is 0 Å². The monoisotopic (exact) mass is 348 g/mol. The lowest BCUT2D eigenvalue weighted by atomic mass is 9.93. The molecule has 0 fully saturated rings.